The topological polar surface area (TPSA) is 50.4 Å². The summed E-state index contributed by atoms with van der Waals surface area (Å²) >= 11 is 5.91. The molecule has 2 aliphatic heterocycles. The average molecular weight is 327 g/mol. The molecule has 5 heteroatoms. The van der Waals surface area contributed by atoms with Crippen molar-refractivity contribution in [3.8, 4) is 0 Å². The standard InChI is InChI=1S/C18H15ClN2O2/c1-9-7-13-14(8-10(9)2)21-18-15(20-13)16(22)17(23-18)11-3-5-12(19)6-4-11/h3-8,17,20-21H,1-2H3. The average Bonchev–Trinajstić information content (AvgIpc) is 2.84. The van der Waals surface area contributed by atoms with Crippen molar-refractivity contribution >= 4 is 28.8 Å². The van der Waals surface area contributed by atoms with Gasteiger partial charge in [-0.05, 0) is 49.2 Å². The van der Waals surface area contributed by atoms with E-state index in [1.165, 1.54) is 11.1 Å². The zero-order valence-corrected chi connectivity index (χ0v) is 13.5. The summed E-state index contributed by atoms with van der Waals surface area (Å²) in [7, 11) is 0. The maximum Gasteiger partial charge on any atom is 0.229 e. The number of rotatable bonds is 1. The van der Waals surface area contributed by atoms with E-state index in [0.717, 1.165) is 16.9 Å². The predicted octanol–water partition coefficient (Wildman–Crippen LogP) is 4.30. The Morgan fingerprint density at radius 2 is 1.61 bits per heavy atom. The van der Waals surface area contributed by atoms with Gasteiger partial charge in [0.15, 0.2) is 6.10 Å². The van der Waals surface area contributed by atoms with E-state index in [4.69, 9.17) is 16.3 Å². The lowest BCUT2D eigenvalue weighted by Gasteiger charge is -2.21. The molecule has 0 fully saturated rings. The molecule has 0 saturated heterocycles. The minimum atomic E-state index is -0.645. The van der Waals surface area contributed by atoms with Crippen molar-refractivity contribution in [1.82, 2.24) is 0 Å². The molecule has 0 aliphatic carbocycles. The first-order valence-electron chi connectivity index (χ1n) is 7.39. The number of nitrogens with one attached hydrogen (secondary N) is 2. The fraction of sp³-hybridized carbons (Fsp3) is 0.167. The summed E-state index contributed by atoms with van der Waals surface area (Å²) < 4.78 is 5.84. The summed E-state index contributed by atoms with van der Waals surface area (Å²) in [5.74, 6) is 0.393. The highest BCUT2D eigenvalue weighted by molar-refractivity contribution is 6.30. The Morgan fingerprint density at radius 3 is 2.26 bits per heavy atom. The molecular formula is C18H15ClN2O2. The van der Waals surface area contributed by atoms with Crippen LogP contribution in [0.5, 0.6) is 0 Å². The highest BCUT2D eigenvalue weighted by Crippen LogP contribution is 2.40. The molecule has 0 amide bonds. The maximum atomic E-state index is 12.7. The van der Waals surface area contributed by atoms with Crippen LogP contribution in [-0.2, 0) is 9.53 Å². The van der Waals surface area contributed by atoms with Crippen molar-refractivity contribution in [3.63, 3.8) is 0 Å². The van der Waals surface area contributed by atoms with Crippen molar-refractivity contribution < 1.29 is 9.53 Å². The van der Waals surface area contributed by atoms with E-state index in [-0.39, 0.29) is 5.78 Å². The maximum absolute atomic E-state index is 12.7. The second-order valence-corrected chi connectivity index (χ2v) is 6.29. The summed E-state index contributed by atoms with van der Waals surface area (Å²) in [5.41, 5.74) is 5.41. The number of ether oxygens (including phenoxy) is 1. The molecule has 1 atom stereocenters. The first-order valence-corrected chi connectivity index (χ1v) is 7.76. The lowest BCUT2D eigenvalue weighted by atomic mass is 10.0. The number of carbonyl (C=O) groups excluding carboxylic acids is 1. The Morgan fingerprint density at radius 1 is 1.00 bits per heavy atom. The summed E-state index contributed by atoms with van der Waals surface area (Å²) in [6.07, 6.45) is -0.645. The van der Waals surface area contributed by atoms with E-state index in [2.05, 4.69) is 17.6 Å². The Balaban J connectivity index is 1.66. The van der Waals surface area contributed by atoms with Gasteiger partial charge in [-0.2, -0.15) is 0 Å². The van der Waals surface area contributed by atoms with Gasteiger partial charge in [0, 0.05) is 10.6 Å². The number of ketones is 1. The van der Waals surface area contributed by atoms with Gasteiger partial charge in [-0.1, -0.05) is 23.7 Å². The van der Waals surface area contributed by atoms with E-state index in [1.54, 1.807) is 12.1 Å². The number of hydrogen-bond acceptors (Lipinski definition) is 4. The summed E-state index contributed by atoms with van der Waals surface area (Å²) in [4.78, 5) is 12.7. The highest BCUT2D eigenvalue weighted by atomic mass is 35.5. The quantitative estimate of drug-likeness (QED) is 0.820. The number of Topliss-reactive ketones (excluding diaryl/α,β-unsaturated/α-hetero) is 1. The number of aryl methyl sites for hydroxylation is 2. The number of anilines is 2. The fourth-order valence-electron chi connectivity index (χ4n) is 2.82. The first-order chi connectivity index (χ1) is 11.0. The van der Waals surface area contributed by atoms with Crippen LogP contribution >= 0.6 is 11.6 Å². The van der Waals surface area contributed by atoms with Crippen molar-refractivity contribution in [2.75, 3.05) is 10.6 Å². The van der Waals surface area contributed by atoms with Crippen LogP contribution in [0.25, 0.3) is 0 Å². The van der Waals surface area contributed by atoms with Gasteiger partial charge >= 0.3 is 0 Å². The molecule has 2 heterocycles. The zero-order chi connectivity index (χ0) is 16.1. The molecule has 116 valence electrons. The van der Waals surface area contributed by atoms with Gasteiger partial charge in [0.2, 0.25) is 11.7 Å². The number of fused-ring (bicyclic) bond motifs is 1. The van der Waals surface area contributed by atoms with Crippen LogP contribution < -0.4 is 10.6 Å². The smallest absolute Gasteiger partial charge is 0.229 e. The summed E-state index contributed by atoms with van der Waals surface area (Å²) in [6, 6.07) is 11.2. The molecule has 1 unspecified atom stereocenters. The zero-order valence-electron chi connectivity index (χ0n) is 12.7. The largest absolute Gasteiger partial charge is 0.461 e. The summed E-state index contributed by atoms with van der Waals surface area (Å²) in [5, 5.41) is 7.05. The molecule has 0 bridgehead atoms. The van der Waals surface area contributed by atoms with Gasteiger partial charge in [-0.3, -0.25) is 4.79 Å². The van der Waals surface area contributed by atoms with Gasteiger partial charge in [-0.15, -0.1) is 0 Å². The third kappa shape index (κ3) is 2.26. The number of hydrogen-bond donors (Lipinski definition) is 2. The molecule has 2 N–H and O–H groups in total. The van der Waals surface area contributed by atoms with Crippen LogP contribution in [-0.4, -0.2) is 5.78 Å². The second-order valence-electron chi connectivity index (χ2n) is 5.85. The third-order valence-electron chi connectivity index (χ3n) is 4.26. The van der Waals surface area contributed by atoms with Crippen LogP contribution in [0.3, 0.4) is 0 Å². The predicted molar refractivity (Wildman–Crippen MR) is 90.5 cm³/mol. The van der Waals surface area contributed by atoms with Gasteiger partial charge in [0.25, 0.3) is 0 Å². The number of halogens is 1. The van der Waals surface area contributed by atoms with E-state index in [9.17, 15) is 4.79 Å². The Labute approximate surface area is 139 Å². The van der Waals surface area contributed by atoms with Crippen molar-refractivity contribution in [2.24, 2.45) is 0 Å². The molecule has 2 aliphatic rings. The number of benzene rings is 2. The molecule has 0 saturated carbocycles. The van der Waals surface area contributed by atoms with E-state index in [1.807, 2.05) is 31.2 Å². The summed E-state index contributed by atoms with van der Waals surface area (Å²) in [6.45, 7) is 4.10. The minimum Gasteiger partial charge on any atom is -0.461 e. The fourth-order valence-corrected chi connectivity index (χ4v) is 2.95. The van der Waals surface area contributed by atoms with E-state index < -0.39 is 6.10 Å². The second kappa shape index (κ2) is 5.03. The van der Waals surface area contributed by atoms with Crippen LogP contribution in [0.15, 0.2) is 48.0 Å². The molecule has 0 radical (unpaired) electrons. The van der Waals surface area contributed by atoms with Gasteiger partial charge < -0.3 is 15.4 Å². The Bertz CT molecular complexity index is 856. The normalized spacial score (nSPS) is 18.7. The lowest BCUT2D eigenvalue weighted by Crippen LogP contribution is -2.18. The van der Waals surface area contributed by atoms with Crippen LogP contribution in [0.4, 0.5) is 11.4 Å². The molecule has 0 spiro atoms. The van der Waals surface area contributed by atoms with Crippen LogP contribution in [0, 0.1) is 13.8 Å². The van der Waals surface area contributed by atoms with Crippen LogP contribution in [0.2, 0.25) is 5.02 Å². The lowest BCUT2D eigenvalue weighted by molar-refractivity contribution is -0.121. The van der Waals surface area contributed by atoms with E-state index in [0.29, 0.717) is 16.6 Å². The van der Waals surface area contributed by atoms with Crippen molar-refractivity contribution in [3.05, 3.63) is 69.7 Å². The monoisotopic (exact) mass is 326 g/mol. The van der Waals surface area contributed by atoms with Gasteiger partial charge in [0.05, 0.1) is 11.4 Å². The Kier molecular flexibility index (Phi) is 3.10. The molecular weight excluding hydrogens is 312 g/mol. The Hall–Kier alpha value is -2.46. The first kappa shape index (κ1) is 14.2. The third-order valence-corrected chi connectivity index (χ3v) is 4.51. The number of carbonyl (C=O) groups is 1. The van der Waals surface area contributed by atoms with Crippen molar-refractivity contribution in [2.45, 2.75) is 20.0 Å². The van der Waals surface area contributed by atoms with Crippen molar-refractivity contribution in [1.29, 1.82) is 0 Å². The molecule has 0 aromatic heterocycles. The minimum absolute atomic E-state index is 0.0845. The molecule has 4 nitrogen and oxygen atoms in total. The molecule has 2 aromatic rings. The molecule has 4 rings (SSSR count). The highest BCUT2D eigenvalue weighted by Gasteiger charge is 2.39. The van der Waals surface area contributed by atoms with Gasteiger partial charge in [0.1, 0.15) is 5.70 Å². The van der Waals surface area contributed by atoms with E-state index >= 15 is 0 Å². The molecule has 23 heavy (non-hydrogen) atoms. The van der Waals surface area contributed by atoms with Crippen LogP contribution in [0.1, 0.15) is 22.8 Å². The molecule has 2 aromatic carbocycles. The SMILES string of the molecule is Cc1cc2c(cc1C)NC1=C(N2)OC(c2ccc(Cl)cc2)C1=O. The van der Waals surface area contributed by atoms with Gasteiger partial charge in [-0.25, -0.2) is 0 Å².